The van der Waals surface area contributed by atoms with Gasteiger partial charge in [-0.25, -0.2) is 0 Å². The lowest BCUT2D eigenvalue weighted by Crippen LogP contribution is -2.25. The summed E-state index contributed by atoms with van der Waals surface area (Å²) < 4.78 is 14.1. The van der Waals surface area contributed by atoms with E-state index in [0.717, 1.165) is 0 Å². The standard InChI is InChI=1S/C5H5FNPS2/c6-8(9,10)7-4-2-1-3-5-7/h1-5H. The van der Waals surface area contributed by atoms with E-state index in [9.17, 15) is 4.20 Å². The van der Waals surface area contributed by atoms with Gasteiger partial charge in [-0.05, 0) is 11.8 Å². The monoisotopic (exact) mass is 193 g/mol. The molecule has 0 aliphatic heterocycles. The molecule has 10 heavy (non-hydrogen) atoms. The molecule has 1 unspecified atom stereocenters. The second kappa shape index (κ2) is 2.99. The third-order valence-corrected chi connectivity index (χ3v) is 2.93. The van der Waals surface area contributed by atoms with E-state index in [1.807, 2.05) is 0 Å². The first-order chi connectivity index (χ1) is 4.61. The fraction of sp³-hybridized carbons (Fsp3) is 0. The summed E-state index contributed by atoms with van der Waals surface area (Å²) in [6.45, 7) is 0. The lowest BCUT2D eigenvalue weighted by molar-refractivity contribution is -0.513. The van der Waals surface area contributed by atoms with Gasteiger partial charge in [0.15, 0.2) is 12.4 Å². The minimum atomic E-state index is -3.18. The lowest BCUT2D eigenvalue weighted by atomic mass is 10.5. The molecule has 1 rings (SSSR count). The minimum absolute atomic E-state index is 1.26. The fourth-order valence-corrected chi connectivity index (χ4v) is 1.67. The number of aromatic nitrogens is 1. The molecular formula is C5H5FNPS2. The van der Waals surface area contributed by atoms with Crippen molar-refractivity contribution in [2.75, 3.05) is 0 Å². The Bertz CT molecular complexity index is 258. The van der Waals surface area contributed by atoms with E-state index in [1.54, 1.807) is 30.6 Å². The van der Waals surface area contributed by atoms with Crippen LogP contribution in [0.5, 0.6) is 0 Å². The zero-order valence-electron chi connectivity index (χ0n) is 4.98. The van der Waals surface area contributed by atoms with Crippen molar-refractivity contribution in [2.24, 2.45) is 0 Å². The number of nitrogens with zero attached hydrogens (tertiary/aromatic N) is 1. The Labute approximate surface area is 69.2 Å². The Kier molecular flexibility index (Phi) is 2.45. The molecule has 0 N–H and O–H groups in total. The van der Waals surface area contributed by atoms with E-state index < -0.39 is 5.70 Å². The third kappa shape index (κ3) is 2.04. The maximum absolute atomic E-state index is 12.8. The molecule has 0 aromatic carbocycles. The highest BCUT2D eigenvalue weighted by Gasteiger charge is 2.06. The van der Waals surface area contributed by atoms with Crippen LogP contribution < -0.4 is 4.34 Å². The predicted octanol–water partition coefficient (Wildman–Crippen LogP) is 1.56. The molecule has 1 aromatic heterocycles. The maximum atomic E-state index is 12.8. The summed E-state index contributed by atoms with van der Waals surface area (Å²) in [5, 5.41) is 0. The molecule has 0 aliphatic rings. The Morgan fingerprint density at radius 1 is 1.30 bits per heavy atom. The van der Waals surface area contributed by atoms with Crippen molar-refractivity contribution in [2.45, 2.75) is 0 Å². The molecule has 1 atom stereocenters. The average Bonchev–Trinajstić information content (AvgIpc) is 1.88. The topological polar surface area (TPSA) is 3.88 Å². The largest absolute Gasteiger partial charge is 0.641 e. The number of hydrogen-bond acceptors (Lipinski definition) is 2. The van der Waals surface area contributed by atoms with Gasteiger partial charge in [0.25, 0.3) is 0 Å². The second-order valence-electron chi connectivity index (χ2n) is 1.71. The van der Waals surface area contributed by atoms with Gasteiger partial charge in [0.05, 0.1) is 0 Å². The molecule has 1 heterocycles. The molecule has 1 aromatic rings. The summed E-state index contributed by atoms with van der Waals surface area (Å²) >= 11 is 8.95. The molecule has 0 fully saturated rings. The van der Waals surface area contributed by atoms with Gasteiger partial charge < -0.3 is 12.2 Å². The number of hydrogen-bond donors (Lipinski definition) is 0. The smallest absolute Gasteiger partial charge is 0.232 e. The lowest BCUT2D eigenvalue weighted by Gasteiger charge is -2.08. The highest BCUT2D eigenvalue weighted by Crippen LogP contribution is 2.37. The minimum Gasteiger partial charge on any atom is -0.641 e. The van der Waals surface area contributed by atoms with Gasteiger partial charge in [0, 0.05) is 12.1 Å². The molecule has 1 nitrogen and oxygen atoms in total. The zero-order valence-corrected chi connectivity index (χ0v) is 7.50. The zero-order chi connectivity index (χ0) is 7.61. The van der Waals surface area contributed by atoms with E-state index in [-0.39, 0.29) is 0 Å². The summed E-state index contributed by atoms with van der Waals surface area (Å²) in [7, 11) is 0. The first kappa shape index (κ1) is 8.18. The van der Waals surface area contributed by atoms with Crippen LogP contribution in [0.1, 0.15) is 0 Å². The summed E-state index contributed by atoms with van der Waals surface area (Å²) in [5.41, 5.74) is -3.18. The van der Waals surface area contributed by atoms with Crippen LogP contribution in [-0.2, 0) is 24.1 Å². The van der Waals surface area contributed by atoms with Gasteiger partial charge >= 0.3 is 0 Å². The van der Waals surface area contributed by atoms with Gasteiger partial charge in [0.1, 0.15) is 0 Å². The van der Waals surface area contributed by atoms with Crippen molar-refractivity contribution in [3.05, 3.63) is 30.6 Å². The van der Waals surface area contributed by atoms with Crippen molar-refractivity contribution in [3.63, 3.8) is 0 Å². The van der Waals surface area contributed by atoms with Crippen molar-refractivity contribution in [1.29, 1.82) is 0 Å². The highest BCUT2D eigenvalue weighted by molar-refractivity contribution is 8.50. The summed E-state index contributed by atoms with van der Waals surface area (Å²) in [6, 6.07) is 5.19. The van der Waals surface area contributed by atoms with E-state index in [4.69, 9.17) is 0 Å². The first-order valence-electron chi connectivity index (χ1n) is 2.58. The van der Waals surface area contributed by atoms with Crippen LogP contribution in [0.15, 0.2) is 30.6 Å². The van der Waals surface area contributed by atoms with Gasteiger partial charge in [0.2, 0.25) is 5.70 Å². The van der Waals surface area contributed by atoms with E-state index in [0.29, 0.717) is 0 Å². The number of rotatable bonds is 1. The van der Waals surface area contributed by atoms with Crippen LogP contribution in [0, 0.1) is 0 Å². The Balaban J connectivity index is 3.09. The van der Waals surface area contributed by atoms with E-state index in [1.165, 1.54) is 4.34 Å². The van der Waals surface area contributed by atoms with Crippen molar-refractivity contribution in [3.8, 4) is 0 Å². The SMILES string of the molecule is FP(=S)([S-])[n+]1ccccc1. The first-order valence-corrected chi connectivity index (χ1v) is 6.24. The van der Waals surface area contributed by atoms with Crippen LogP contribution in [-0.4, -0.2) is 0 Å². The summed E-state index contributed by atoms with van der Waals surface area (Å²) in [4.78, 5) is 0. The molecular weight excluding hydrogens is 188 g/mol. The quantitative estimate of drug-likeness (QED) is 0.492. The summed E-state index contributed by atoms with van der Waals surface area (Å²) in [5.74, 6) is 0. The molecule has 0 saturated carbocycles. The molecule has 5 heteroatoms. The number of halogens is 1. The van der Waals surface area contributed by atoms with Crippen molar-refractivity contribution >= 4 is 29.8 Å². The van der Waals surface area contributed by atoms with Gasteiger partial charge in [-0.1, -0.05) is 6.07 Å². The molecule has 0 saturated heterocycles. The van der Waals surface area contributed by atoms with Crippen LogP contribution in [0.3, 0.4) is 0 Å². The molecule has 0 spiro atoms. The Morgan fingerprint density at radius 3 is 2.10 bits per heavy atom. The van der Waals surface area contributed by atoms with Crippen LogP contribution in [0.2, 0.25) is 0 Å². The molecule has 0 radical (unpaired) electrons. The van der Waals surface area contributed by atoms with Crippen molar-refractivity contribution < 1.29 is 8.53 Å². The molecule has 0 bridgehead atoms. The van der Waals surface area contributed by atoms with Crippen LogP contribution >= 0.6 is 5.70 Å². The molecule has 0 aliphatic carbocycles. The fourth-order valence-electron chi connectivity index (χ4n) is 0.549. The van der Waals surface area contributed by atoms with Crippen molar-refractivity contribution in [1.82, 2.24) is 0 Å². The average molecular weight is 193 g/mol. The second-order valence-corrected chi connectivity index (χ2v) is 6.67. The predicted molar refractivity (Wildman–Crippen MR) is 44.8 cm³/mol. The highest BCUT2D eigenvalue weighted by atomic mass is 32.9. The maximum Gasteiger partial charge on any atom is 0.232 e. The molecule has 54 valence electrons. The van der Waals surface area contributed by atoms with Gasteiger partial charge in [-0.2, -0.15) is 8.53 Å². The Hall–Kier alpha value is 0.0800. The van der Waals surface area contributed by atoms with E-state index in [2.05, 4.69) is 24.1 Å². The normalized spacial score (nSPS) is 16.2. The third-order valence-electron chi connectivity index (χ3n) is 0.976. The van der Waals surface area contributed by atoms with E-state index >= 15 is 0 Å². The van der Waals surface area contributed by atoms with Gasteiger partial charge in [-0.3, -0.25) is 0 Å². The Morgan fingerprint density at radius 2 is 1.80 bits per heavy atom. The van der Waals surface area contributed by atoms with Crippen LogP contribution in [0.4, 0.5) is 4.20 Å². The van der Waals surface area contributed by atoms with Crippen LogP contribution in [0.25, 0.3) is 0 Å². The van der Waals surface area contributed by atoms with Gasteiger partial charge in [-0.15, -0.1) is 0 Å². The molecule has 0 amide bonds. The summed E-state index contributed by atoms with van der Waals surface area (Å²) in [6.07, 6.45) is 3.10. The number of pyridine rings is 1.